The van der Waals surface area contributed by atoms with E-state index >= 15 is 0 Å². The molecular weight excluding hydrogens is 214 g/mol. The number of rotatable bonds is 5. The first kappa shape index (κ1) is 11.7. The third kappa shape index (κ3) is 3.35. The van der Waals surface area contributed by atoms with Crippen LogP contribution in [0.1, 0.15) is 11.4 Å². The Morgan fingerprint density at radius 1 is 1.29 bits per heavy atom. The number of aryl methyl sites for hydroxylation is 1. The summed E-state index contributed by atoms with van der Waals surface area (Å²) in [4.78, 5) is 4.33. The van der Waals surface area contributed by atoms with Gasteiger partial charge < -0.3 is 5.32 Å². The largest absolute Gasteiger partial charge is 0.316 e. The van der Waals surface area contributed by atoms with E-state index in [-0.39, 0.29) is 0 Å². The van der Waals surface area contributed by atoms with E-state index in [1.807, 2.05) is 44.7 Å². The van der Waals surface area contributed by atoms with Crippen LogP contribution < -0.4 is 5.32 Å². The van der Waals surface area contributed by atoms with Crippen molar-refractivity contribution in [2.24, 2.45) is 7.05 Å². The molecule has 1 atom stereocenters. The Bertz CT molecular complexity index is 451. The third-order valence-corrected chi connectivity index (χ3v) is 2.70. The lowest BCUT2D eigenvalue weighted by atomic mass is 10.1. The summed E-state index contributed by atoms with van der Waals surface area (Å²) in [6, 6.07) is 6.32. The molecule has 0 aromatic carbocycles. The van der Waals surface area contributed by atoms with Gasteiger partial charge in [-0.15, -0.1) is 5.10 Å². The van der Waals surface area contributed by atoms with Crippen LogP contribution in [0.15, 0.2) is 30.6 Å². The Morgan fingerprint density at radius 2 is 2.12 bits per heavy atom. The summed E-state index contributed by atoms with van der Waals surface area (Å²) in [5.74, 6) is 0. The molecule has 2 rings (SSSR count). The van der Waals surface area contributed by atoms with Gasteiger partial charge >= 0.3 is 0 Å². The molecule has 2 aromatic rings. The van der Waals surface area contributed by atoms with Crippen LogP contribution in [0, 0.1) is 0 Å². The maximum atomic E-state index is 4.33. The summed E-state index contributed by atoms with van der Waals surface area (Å²) < 4.78 is 1.73. The SMILES string of the molecule is CNC(Cc1ccccn1)Cc1cn(C)nn1. The molecule has 0 aliphatic carbocycles. The van der Waals surface area contributed by atoms with Gasteiger partial charge in [0.15, 0.2) is 0 Å². The van der Waals surface area contributed by atoms with E-state index in [1.54, 1.807) is 4.68 Å². The van der Waals surface area contributed by atoms with Crippen molar-refractivity contribution < 1.29 is 0 Å². The van der Waals surface area contributed by atoms with Crippen LogP contribution >= 0.6 is 0 Å². The summed E-state index contributed by atoms with van der Waals surface area (Å²) in [7, 11) is 3.84. The molecule has 0 aliphatic rings. The second-order valence-corrected chi connectivity index (χ2v) is 4.10. The molecule has 5 heteroatoms. The Labute approximate surface area is 101 Å². The van der Waals surface area contributed by atoms with Crippen molar-refractivity contribution in [2.75, 3.05) is 7.05 Å². The minimum absolute atomic E-state index is 0.335. The van der Waals surface area contributed by atoms with Crippen molar-refractivity contribution in [3.63, 3.8) is 0 Å². The molecule has 0 amide bonds. The molecule has 2 aromatic heterocycles. The number of hydrogen-bond acceptors (Lipinski definition) is 4. The Hall–Kier alpha value is -1.75. The molecule has 17 heavy (non-hydrogen) atoms. The fraction of sp³-hybridized carbons (Fsp3) is 0.417. The number of likely N-dealkylation sites (N-methyl/N-ethyl adjacent to an activating group) is 1. The quantitative estimate of drug-likeness (QED) is 0.818. The van der Waals surface area contributed by atoms with Crippen LogP contribution in [0.4, 0.5) is 0 Å². The van der Waals surface area contributed by atoms with Crippen molar-refractivity contribution in [1.82, 2.24) is 25.3 Å². The highest BCUT2D eigenvalue weighted by Gasteiger charge is 2.11. The van der Waals surface area contributed by atoms with Crippen LogP contribution in [0.25, 0.3) is 0 Å². The predicted octanol–water partition coefficient (Wildman–Crippen LogP) is 0.583. The molecule has 0 saturated carbocycles. The van der Waals surface area contributed by atoms with Crippen molar-refractivity contribution in [1.29, 1.82) is 0 Å². The zero-order valence-electron chi connectivity index (χ0n) is 10.2. The fourth-order valence-corrected chi connectivity index (χ4v) is 1.79. The van der Waals surface area contributed by atoms with Gasteiger partial charge in [-0.2, -0.15) is 0 Å². The second kappa shape index (κ2) is 5.54. The smallest absolute Gasteiger partial charge is 0.0842 e. The molecule has 0 fully saturated rings. The molecule has 1 unspecified atom stereocenters. The molecule has 5 nitrogen and oxygen atoms in total. The lowest BCUT2D eigenvalue weighted by Gasteiger charge is -2.13. The Morgan fingerprint density at radius 3 is 2.71 bits per heavy atom. The lowest BCUT2D eigenvalue weighted by molar-refractivity contribution is 0.544. The van der Waals surface area contributed by atoms with Crippen molar-refractivity contribution in [3.8, 4) is 0 Å². The van der Waals surface area contributed by atoms with Crippen LogP contribution in [0.5, 0.6) is 0 Å². The third-order valence-electron chi connectivity index (χ3n) is 2.70. The Balaban J connectivity index is 1.98. The fourth-order valence-electron chi connectivity index (χ4n) is 1.79. The molecule has 0 spiro atoms. The number of hydrogen-bond donors (Lipinski definition) is 1. The number of pyridine rings is 1. The van der Waals surface area contributed by atoms with Crippen LogP contribution in [0.2, 0.25) is 0 Å². The van der Waals surface area contributed by atoms with E-state index < -0.39 is 0 Å². The summed E-state index contributed by atoms with van der Waals surface area (Å²) in [5.41, 5.74) is 2.10. The van der Waals surface area contributed by atoms with Gasteiger partial charge in [-0.1, -0.05) is 11.3 Å². The monoisotopic (exact) mass is 231 g/mol. The van der Waals surface area contributed by atoms with Gasteiger partial charge in [0.05, 0.1) is 5.69 Å². The van der Waals surface area contributed by atoms with E-state index in [4.69, 9.17) is 0 Å². The van der Waals surface area contributed by atoms with Crippen LogP contribution in [-0.2, 0) is 19.9 Å². The van der Waals surface area contributed by atoms with Gasteiger partial charge in [-0.3, -0.25) is 9.67 Å². The number of nitrogens with zero attached hydrogens (tertiary/aromatic N) is 4. The molecule has 0 aliphatic heterocycles. The maximum Gasteiger partial charge on any atom is 0.0842 e. The number of aromatic nitrogens is 4. The second-order valence-electron chi connectivity index (χ2n) is 4.10. The van der Waals surface area contributed by atoms with Gasteiger partial charge in [0.1, 0.15) is 0 Å². The number of nitrogens with one attached hydrogen (secondary N) is 1. The molecule has 2 heterocycles. The van der Waals surface area contributed by atoms with Gasteiger partial charge in [0.25, 0.3) is 0 Å². The normalized spacial score (nSPS) is 12.6. The first-order valence-electron chi connectivity index (χ1n) is 5.70. The Kier molecular flexibility index (Phi) is 3.82. The summed E-state index contributed by atoms with van der Waals surface area (Å²) in [6.07, 6.45) is 5.53. The summed E-state index contributed by atoms with van der Waals surface area (Å²) in [5, 5.41) is 11.3. The standard InChI is InChI=1S/C12H17N5/c1-13-11(7-10-5-3-4-6-14-10)8-12-9-17(2)16-15-12/h3-6,9,11,13H,7-8H2,1-2H3. The summed E-state index contributed by atoms with van der Waals surface area (Å²) in [6.45, 7) is 0. The molecule has 0 saturated heterocycles. The minimum atomic E-state index is 0.335. The van der Waals surface area contributed by atoms with Gasteiger partial charge in [-0.05, 0) is 19.2 Å². The first-order valence-corrected chi connectivity index (χ1v) is 5.70. The van der Waals surface area contributed by atoms with Gasteiger partial charge in [0.2, 0.25) is 0 Å². The topological polar surface area (TPSA) is 55.6 Å². The maximum absolute atomic E-state index is 4.33. The van der Waals surface area contributed by atoms with Gasteiger partial charge in [-0.25, -0.2) is 0 Å². The predicted molar refractivity (Wildman–Crippen MR) is 65.5 cm³/mol. The van der Waals surface area contributed by atoms with E-state index in [2.05, 4.69) is 20.6 Å². The highest BCUT2D eigenvalue weighted by Crippen LogP contribution is 2.04. The molecular formula is C12H17N5. The highest BCUT2D eigenvalue weighted by atomic mass is 15.4. The molecule has 90 valence electrons. The average Bonchev–Trinajstić information content (AvgIpc) is 2.75. The van der Waals surface area contributed by atoms with E-state index in [0.717, 1.165) is 24.2 Å². The zero-order chi connectivity index (χ0) is 12.1. The van der Waals surface area contributed by atoms with E-state index in [9.17, 15) is 0 Å². The van der Waals surface area contributed by atoms with Crippen molar-refractivity contribution in [3.05, 3.63) is 42.0 Å². The van der Waals surface area contributed by atoms with E-state index in [1.165, 1.54) is 0 Å². The highest BCUT2D eigenvalue weighted by molar-refractivity contribution is 5.07. The zero-order valence-corrected chi connectivity index (χ0v) is 10.2. The summed E-state index contributed by atoms with van der Waals surface area (Å²) >= 11 is 0. The minimum Gasteiger partial charge on any atom is -0.316 e. The average molecular weight is 231 g/mol. The van der Waals surface area contributed by atoms with E-state index in [0.29, 0.717) is 6.04 Å². The van der Waals surface area contributed by atoms with Crippen LogP contribution in [0.3, 0.4) is 0 Å². The van der Waals surface area contributed by atoms with Crippen molar-refractivity contribution in [2.45, 2.75) is 18.9 Å². The first-order chi connectivity index (χ1) is 8.28. The molecule has 0 radical (unpaired) electrons. The van der Waals surface area contributed by atoms with Crippen LogP contribution in [-0.4, -0.2) is 33.1 Å². The molecule has 1 N–H and O–H groups in total. The van der Waals surface area contributed by atoms with Crippen molar-refractivity contribution >= 4 is 0 Å². The van der Waals surface area contributed by atoms with Gasteiger partial charge in [0, 0.05) is 44.0 Å². The molecule has 0 bridgehead atoms. The lowest BCUT2D eigenvalue weighted by Crippen LogP contribution is -2.30.